The summed E-state index contributed by atoms with van der Waals surface area (Å²) in [5.41, 5.74) is 1.56. The minimum absolute atomic E-state index is 0.382. The molecule has 0 aliphatic rings. The topological polar surface area (TPSA) is 50.1 Å². The van der Waals surface area contributed by atoms with Gasteiger partial charge in [-0.15, -0.1) is 11.3 Å². The molecule has 0 saturated carbocycles. The predicted octanol–water partition coefficient (Wildman–Crippen LogP) is 3.47. The minimum Gasteiger partial charge on any atom is -0.466 e. The number of hydrogen-bond acceptors (Lipinski definition) is 4. The van der Waals surface area contributed by atoms with E-state index >= 15 is 0 Å². The third-order valence-electron chi connectivity index (χ3n) is 2.52. The highest BCUT2D eigenvalue weighted by Crippen LogP contribution is 2.30. The normalized spacial score (nSPS) is 10.3. The first-order valence-corrected chi connectivity index (χ1v) is 6.41. The average Bonchev–Trinajstić information content (AvgIpc) is 2.93. The Morgan fingerprint density at radius 3 is 2.84 bits per heavy atom. The molecule has 1 heterocycles. The van der Waals surface area contributed by atoms with Gasteiger partial charge in [0.15, 0.2) is 0 Å². The van der Waals surface area contributed by atoms with Gasteiger partial charge in [0, 0.05) is 21.4 Å². The van der Waals surface area contributed by atoms with Gasteiger partial charge in [-0.2, -0.15) is 5.26 Å². The molecule has 4 heteroatoms. The lowest BCUT2D eigenvalue weighted by Gasteiger charge is -1.98. The fraction of sp³-hybridized carbons (Fsp3) is 0.0667. The highest BCUT2D eigenvalue weighted by molar-refractivity contribution is 7.16. The summed E-state index contributed by atoms with van der Waals surface area (Å²) in [6.07, 6.45) is 3.08. The zero-order valence-corrected chi connectivity index (χ0v) is 11.1. The van der Waals surface area contributed by atoms with E-state index in [9.17, 15) is 4.79 Å². The second-order valence-corrected chi connectivity index (χ2v) is 4.83. The molecule has 0 spiro atoms. The SMILES string of the molecule is COC(=O)/C=C/c1ccc(-c2ccccc2C#N)s1. The van der Waals surface area contributed by atoms with Crippen molar-refractivity contribution < 1.29 is 9.53 Å². The second-order valence-electron chi connectivity index (χ2n) is 3.72. The van der Waals surface area contributed by atoms with Crippen molar-refractivity contribution in [2.24, 2.45) is 0 Å². The Balaban J connectivity index is 2.29. The highest BCUT2D eigenvalue weighted by atomic mass is 32.1. The molecular weight excluding hydrogens is 258 g/mol. The molecule has 2 rings (SSSR count). The molecule has 0 aliphatic heterocycles. The van der Waals surface area contributed by atoms with Crippen molar-refractivity contribution in [2.45, 2.75) is 0 Å². The molecule has 19 heavy (non-hydrogen) atoms. The van der Waals surface area contributed by atoms with Crippen molar-refractivity contribution in [3.63, 3.8) is 0 Å². The molecule has 0 fully saturated rings. The van der Waals surface area contributed by atoms with Gasteiger partial charge in [0.05, 0.1) is 18.7 Å². The molecule has 0 bridgehead atoms. The van der Waals surface area contributed by atoms with Crippen LogP contribution >= 0.6 is 11.3 Å². The molecule has 0 unspecified atom stereocenters. The van der Waals surface area contributed by atoms with Crippen molar-refractivity contribution in [2.75, 3.05) is 7.11 Å². The molecule has 1 aromatic heterocycles. The Bertz CT molecular complexity index is 665. The van der Waals surface area contributed by atoms with Crippen LogP contribution in [-0.2, 0) is 9.53 Å². The Labute approximate surface area is 115 Å². The van der Waals surface area contributed by atoms with Crippen molar-refractivity contribution >= 4 is 23.4 Å². The van der Waals surface area contributed by atoms with Crippen molar-refractivity contribution in [3.8, 4) is 16.5 Å². The number of ether oxygens (including phenoxy) is 1. The maximum absolute atomic E-state index is 11.0. The molecule has 0 N–H and O–H groups in total. The molecule has 0 radical (unpaired) electrons. The monoisotopic (exact) mass is 269 g/mol. The van der Waals surface area contributed by atoms with Gasteiger partial charge in [-0.25, -0.2) is 4.79 Å². The molecule has 2 aromatic rings. The maximum atomic E-state index is 11.0. The van der Waals surface area contributed by atoms with Gasteiger partial charge in [-0.1, -0.05) is 18.2 Å². The van der Waals surface area contributed by atoms with E-state index in [4.69, 9.17) is 5.26 Å². The lowest BCUT2D eigenvalue weighted by atomic mass is 10.1. The lowest BCUT2D eigenvalue weighted by molar-refractivity contribution is -0.134. The fourth-order valence-corrected chi connectivity index (χ4v) is 2.55. The van der Waals surface area contributed by atoms with E-state index in [1.165, 1.54) is 24.5 Å². The summed E-state index contributed by atoms with van der Waals surface area (Å²) in [7, 11) is 1.34. The predicted molar refractivity (Wildman–Crippen MR) is 75.5 cm³/mol. The van der Waals surface area contributed by atoms with E-state index in [1.54, 1.807) is 12.1 Å². The minimum atomic E-state index is -0.382. The molecular formula is C15H11NO2S. The number of nitriles is 1. The maximum Gasteiger partial charge on any atom is 0.330 e. The Hall–Kier alpha value is -2.38. The number of hydrogen-bond donors (Lipinski definition) is 0. The summed E-state index contributed by atoms with van der Waals surface area (Å²) in [5.74, 6) is -0.382. The van der Waals surface area contributed by atoms with Crippen LogP contribution in [0.5, 0.6) is 0 Å². The number of esters is 1. The molecule has 0 atom stereocenters. The number of rotatable bonds is 3. The smallest absolute Gasteiger partial charge is 0.330 e. The molecule has 1 aromatic carbocycles. The zero-order valence-electron chi connectivity index (χ0n) is 10.3. The zero-order chi connectivity index (χ0) is 13.7. The summed E-state index contributed by atoms with van der Waals surface area (Å²) in [4.78, 5) is 13.0. The summed E-state index contributed by atoms with van der Waals surface area (Å²) in [5, 5.41) is 9.07. The summed E-state index contributed by atoms with van der Waals surface area (Å²) in [6.45, 7) is 0. The Morgan fingerprint density at radius 1 is 1.32 bits per heavy atom. The van der Waals surface area contributed by atoms with Gasteiger partial charge in [0.25, 0.3) is 0 Å². The number of benzene rings is 1. The van der Waals surface area contributed by atoms with Crippen LogP contribution in [0, 0.1) is 11.3 Å². The largest absolute Gasteiger partial charge is 0.466 e. The van der Waals surface area contributed by atoms with Gasteiger partial charge in [-0.05, 0) is 24.3 Å². The van der Waals surface area contributed by atoms with Crippen molar-refractivity contribution in [1.82, 2.24) is 0 Å². The van der Waals surface area contributed by atoms with Crippen molar-refractivity contribution in [1.29, 1.82) is 5.26 Å². The quantitative estimate of drug-likeness (QED) is 0.633. The Kier molecular flexibility index (Phi) is 4.11. The van der Waals surface area contributed by atoms with Gasteiger partial charge in [0.1, 0.15) is 0 Å². The molecule has 0 aliphatic carbocycles. The lowest BCUT2D eigenvalue weighted by Crippen LogP contribution is -1.92. The second kappa shape index (κ2) is 5.98. The van der Waals surface area contributed by atoms with Crippen molar-refractivity contribution in [3.05, 3.63) is 52.9 Å². The standard InChI is InChI=1S/C15H11NO2S/c1-18-15(17)9-7-12-6-8-14(19-12)13-5-3-2-4-11(13)10-16/h2-9H,1H3/b9-7+. The van der Waals surface area contributed by atoms with Crippen LogP contribution < -0.4 is 0 Å². The van der Waals surface area contributed by atoms with E-state index < -0.39 is 0 Å². The third-order valence-corrected chi connectivity index (χ3v) is 3.61. The van der Waals surface area contributed by atoms with Crippen LogP contribution in [0.4, 0.5) is 0 Å². The highest BCUT2D eigenvalue weighted by Gasteiger charge is 2.06. The van der Waals surface area contributed by atoms with Gasteiger partial charge < -0.3 is 4.74 Å². The van der Waals surface area contributed by atoms with E-state index in [-0.39, 0.29) is 5.97 Å². The first-order chi connectivity index (χ1) is 9.24. The Morgan fingerprint density at radius 2 is 2.11 bits per heavy atom. The summed E-state index contributed by atoms with van der Waals surface area (Å²) < 4.78 is 4.54. The third kappa shape index (κ3) is 3.09. The number of carbonyl (C=O) groups is 1. The van der Waals surface area contributed by atoms with Crippen LogP contribution in [0.25, 0.3) is 16.5 Å². The van der Waals surface area contributed by atoms with Gasteiger partial charge in [0.2, 0.25) is 0 Å². The van der Waals surface area contributed by atoms with Crippen LogP contribution in [-0.4, -0.2) is 13.1 Å². The van der Waals surface area contributed by atoms with E-state index in [0.29, 0.717) is 5.56 Å². The van der Waals surface area contributed by atoms with E-state index in [0.717, 1.165) is 15.3 Å². The average molecular weight is 269 g/mol. The number of carbonyl (C=O) groups excluding carboxylic acids is 1. The molecule has 0 amide bonds. The number of nitrogens with zero attached hydrogens (tertiary/aromatic N) is 1. The van der Waals surface area contributed by atoms with Gasteiger partial charge >= 0.3 is 5.97 Å². The molecule has 0 saturated heterocycles. The van der Waals surface area contributed by atoms with Crippen LogP contribution in [0.2, 0.25) is 0 Å². The van der Waals surface area contributed by atoms with Gasteiger partial charge in [-0.3, -0.25) is 0 Å². The molecule has 3 nitrogen and oxygen atoms in total. The summed E-state index contributed by atoms with van der Waals surface area (Å²) in [6, 6.07) is 13.5. The summed E-state index contributed by atoms with van der Waals surface area (Å²) >= 11 is 1.52. The number of thiophene rings is 1. The first-order valence-electron chi connectivity index (χ1n) is 5.60. The first kappa shape index (κ1) is 13.1. The fourth-order valence-electron chi connectivity index (χ4n) is 1.60. The van der Waals surface area contributed by atoms with Crippen LogP contribution in [0.3, 0.4) is 0 Å². The van der Waals surface area contributed by atoms with E-state index in [2.05, 4.69) is 10.8 Å². The molecule has 94 valence electrons. The number of methoxy groups -OCH3 is 1. The van der Waals surface area contributed by atoms with Crippen LogP contribution in [0.1, 0.15) is 10.4 Å². The van der Waals surface area contributed by atoms with E-state index in [1.807, 2.05) is 30.3 Å². The van der Waals surface area contributed by atoms with Crippen LogP contribution in [0.15, 0.2) is 42.5 Å².